The molecule has 4 rings (SSSR count). The molecule has 0 spiro atoms. The number of benzene rings is 2. The van der Waals surface area contributed by atoms with Gasteiger partial charge >= 0.3 is 0 Å². The number of hydrogen-bond donors (Lipinski definition) is 2. The number of rotatable bonds is 10. The maximum absolute atomic E-state index is 13.2. The fourth-order valence-electron chi connectivity index (χ4n) is 4.33. The molecule has 1 aliphatic heterocycles. The van der Waals surface area contributed by atoms with Crippen molar-refractivity contribution in [2.24, 2.45) is 0 Å². The molecule has 1 saturated heterocycles. The van der Waals surface area contributed by atoms with Crippen LogP contribution in [0.25, 0.3) is 0 Å². The van der Waals surface area contributed by atoms with Gasteiger partial charge in [-0.3, -0.25) is 14.7 Å². The molecule has 6 heteroatoms. The van der Waals surface area contributed by atoms with Gasteiger partial charge in [-0.05, 0) is 36.6 Å². The van der Waals surface area contributed by atoms with Crippen molar-refractivity contribution in [1.29, 1.82) is 0 Å². The van der Waals surface area contributed by atoms with Gasteiger partial charge in [0.25, 0.3) is 0 Å². The van der Waals surface area contributed by atoms with Gasteiger partial charge in [-0.2, -0.15) is 0 Å². The lowest BCUT2D eigenvalue weighted by atomic mass is 10.1. The maximum Gasteiger partial charge on any atom is 0.237 e. The molecule has 1 aliphatic rings. The van der Waals surface area contributed by atoms with Crippen LogP contribution in [0, 0.1) is 0 Å². The van der Waals surface area contributed by atoms with Crippen LogP contribution in [0.5, 0.6) is 5.75 Å². The summed E-state index contributed by atoms with van der Waals surface area (Å²) in [7, 11) is 0. The van der Waals surface area contributed by atoms with Crippen LogP contribution in [0.2, 0.25) is 0 Å². The monoisotopic (exact) mass is 444 g/mol. The Morgan fingerprint density at radius 2 is 1.82 bits per heavy atom. The van der Waals surface area contributed by atoms with E-state index in [1.165, 1.54) is 5.56 Å². The van der Waals surface area contributed by atoms with E-state index in [1.54, 1.807) is 12.4 Å². The van der Waals surface area contributed by atoms with Crippen molar-refractivity contribution in [2.75, 3.05) is 13.2 Å². The van der Waals surface area contributed by atoms with E-state index >= 15 is 0 Å². The molecule has 0 radical (unpaired) electrons. The van der Waals surface area contributed by atoms with E-state index in [-0.39, 0.29) is 18.0 Å². The predicted molar refractivity (Wildman–Crippen MR) is 130 cm³/mol. The Bertz CT molecular complexity index is 1010. The number of nitrogens with one attached hydrogen (secondary N) is 2. The maximum atomic E-state index is 13.2. The van der Waals surface area contributed by atoms with E-state index in [1.807, 2.05) is 55.5 Å². The number of aromatic nitrogens is 1. The molecule has 2 N–H and O–H groups in total. The summed E-state index contributed by atoms with van der Waals surface area (Å²) in [6.45, 7) is 5.41. The van der Waals surface area contributed by atoms with Gasteiger partial charge in [0.2, 0.25) is 5.91 Å². The Morgan fingerprint density at radius 3 is 2.61 bits per heavy atom. The van der Waals surface area contributed by atoms with Gasteiger partial charge in [0, 0.05) is 50.2 Å². The number of likely N-dealkylation sites (tertiary alicyclic amines) is 1. The number of carbonyl (C=O) groups excluding carboxylic acids is 1. The highest BCUT2D eigenvalue weighted by atomic mass is 16.5. The van der Waals surface area contributed by atoms with Crippen LogP contribution in [0.15, 0.2) is 79.1 Å². The van der Waals surface area contributed by atoms with Gasteiger partial charge in [-0.1, -0.05) is 54.6 Å². The Balaban J connectivity index is 1.41. The molecule has 0 unspecified atom stereocenters. The van der Waals surface area contributed by atoms with Crippen molar-refractivity contribution >= 4 is 5.91 Å². The van der Waals surface area contributed by atoms with E-state index < -0.39 is 0 Å². The highest BCUT2D eigenvalue weighted by molar-refractivity contribution is 5.82. The van der Waals surface area contributed by atoms with Gasteiger partial charge < -0.3 is 15.4 Å². The van der Waals surface area contributed by atoms with Crippen LogP contribution >= 0.6 is 0 Å². The number of carbonyl (C=O) groups is 1. The lowest BCUT2D eigenvalue weighted by molar-refractivity contribution is -0.125. The predicted octanol–water partition coefficient (Wildman–Crippen LogP) is 3.53. The summed E-state index contributed by atoms with van der Waals surface area (Å²) >= 11 is 0. The summed E-state index contributed by atoms with van der Waals surface area (Å²) in [5.41, 5.74) is 3.35. The van der Waals surface area contributed by atoms with Crippen molar-refractivity contribution in [3.05, 3.63) is 95.8 Å². The molecule has 2 heterocycles. The smallest absolute Gasteiger partial charge is 0.237 e. The summed E-state index contributed by atoms with van der Waals surface area (Å²) in [6, 6.07) is 22.4. The van der Waals surface area contributed by atoms with Crippen LogP contribution in [-0.4, -0.2) is 41.0 Å². The van der Waals surface area contributed by atoms with E-state index in [9.17, 15) is 4.79 Å². The third-order valence-corrected chi connectivity index (χ3v) is 5.98. The summed E-state index contributed by atoms with van der Waals surface area (Å²) in [5, 5.41) is 6.77. The topological polar surface area (TPSA) is 66.5 Å². The van der Waals surface area contributed by atoms with E-state index in [2.05, 4.69) is 38.7 Å². The summed E-state index contributed by atoms with van der Waals surface area (Å²) in [5.74, 6) is 0.978. The average Bonchev–Trinajstić information content (AvgIpc) is 3.26. The van der Waals surface area contributed by atoms with Crippen LogP contribution < -0.4 is 15.4 Å². The van der Waals surface area contributed by atoms with E-state index in [0.29, 0.717) is 19.7 Å². The first-order valence-electron chi connectivity index (χ1n) is 11.6. The molecule has 0 saturated carbocycles. The molecule has 2 atom stereocenters. The van der Waals surface area contributed by atoms with Crippen molar-refractivity contribution in [1.82, 2.24) is 20.5 Å². The number of amides is 1. The zero-order valence-corrected chi connectivity index (χ0v) is 19.1. The second kappa shape index (κ2) is 11.6. The van der Waals surface area contributed by atoms with Crippen LogP contribution in [0.3, 0.4) is 0 Å². The highest BCUT2D eigenvalue weighted by Crippen LogP contribution is 2.23. The fraction of sp³-hybridized carbons (Fsp3) is 0.333. The lowest BCUT2D eigenvalue weighted by Crippen LogP contribution is -2.42. The number of ether oxygens (including phenoxy) is 1. The minimum Gasteiger partial charge on any atom is -0.494 e. The third kappa shape index (κ3) is 6.40. The van der Waals surface area contributed by atoms with E-state index in [0.717, 1.165) is 36.4 Å². The molecule has 0 bridgehead atoms. The van der Waals surface area contributed by atoms with Crippen molar-refractivity contribution in [3.63, 3.8) is 0 Å². The zero-order valence-electron chi connectivity index (χ0n) is 19.1. The Kier molecular flexibility index (Phi) is 8.06. The largest absolute Gasteiger partial charge is 0.494 e. The molecule has 0 aliphatic carbocycles. The number of pyridine rings is 1. The zero-order chi connectivity index (χ0) is 22.9. The van der Waals surface area contributed by atoms with Crippen LogP contribution in [0.1, 0.15) is 30.0 Å². The molecule has 1 fully saturated rings. The quantitative estimate of drug-likeness (QED) is 0.501. The summed E-state index contributed by atoms with van der Waals surface area (Å²) in [4.78, 5) is 19.6. The second-order valence-corrected chi connectivity index (χ2v) is 8.36. The Labute approximate surface area is 196 Å². The third-order valence-electron chi connectivity index (χ3n) is 5.98. The van der Waals surface area contributed by atoms with Crippen molar-refractivity contribution in [3.8, 4) is 5.75 Å². The Hall–Kier alpha value is -3.22. The first-order chi connectivity index (χ1) is 16.2. The second-order valence-electron chi connectivity index (χ2n) is 8.36. The summed E-state index contributed by atoms with van der Waals surface area (Å²) < 4.78 is 5.77. The van der Waals surface area contributed by atoms with Gasteiger partial charge in [0.05, 0.1) is 12.6 Å². The van der Waals surface area contributed by atoms with E-state index in [4.69, 9.17) is 4.74 Å². The average molecular weight is 445 g/mol. The minimum atomic E-state index is -0.179. The first-order valence-corrected chi connectivity index (χ1v) is 11.6. The molecule has 3 aromatic rings. The normalized spacial score (nSPS) is 18.2. The standard InChI is InChI=1S/C27H32N4O2/c1-2-33-26-13-7-6-12-23(26)18-29-24-15-25(27(32)30-17-22-11-8-14-28-16-22)31(20-24)19-21-9-4-3-5-10-21/h3-14,16,24-25,29H,2,15,17-20H2,1H3,(H,30,32)/t24-,25-/m0/s1. The number of para-hydroxylation sites is 1. The van der Waals surface area contributed by atoms with Gasteiger partial charge in [0.1, 0.15) is 5.75 Å². The molecular weight excluding hydrogens is 412 g/mol. The highest BCUT2D eigenvalue weighted by Gasteiger charge is 2.36. The van der Waals surface area contributed by atoms with Crippen LogP contribution in [-0.2, 0) is 24.4 Å². The van der Waals surface area contributed by atoms with Gasteiger partial charge in [-0.15, -0.1) is 0 Å². The number of hydrogen-bond acceptors (Lipinski definition) is 5. The first kappa shape index (κ1) is 23.0. The molecule has 6 nitrogen and oxygen atoms in total. The molecule has 1 amide bonds. The fourth-order valence-corrected chi connectivity index (χ4v) is 4.33. The minimum absolute atomic E-state index is 0.0637. The lowest BCUT2D eigenvalue weighted by Gasteiger charge is -2.23. The van der Waals surface area contributed by atoms with Gasteiger partial charge in [-0.25, -0.2) is 0 Å². The number of nitrogens with zero attached hydrogens (tertiary/aromatic N) is 2. The molecule has 2 aromatic carbocycles. The SMILES string of the molecule is CCOc1ccccc1CN[C@H]1C[C@@H](C(=O)NCc2cccnc2)N(Cc2ccccc2)C1. The van der Waals surface area contributed by atoms with Crippen molar-refractivity contribution in [2.45, 2.75) is 45.1 Å². The Morgan fingerprint density at radius 1 is 1.03 bits per heavy atom. The van der Waals surface area contributed by atoms with Gasteiger partial charge in [0.15, 0.2) is 0 Å². The molecular formula is C27H32N4O2. The summed E-state index contributed by atoms with van der Waals surface area (Å²) in [6.07, 6.45) is 4.29. The molecule has 172 valence electrons. The molecule has 1 aromatic heterocycles. The van der Waals surface area contributed by atoms with Crippen molar-refractivity contribution < 1.29 is 9.53 Å². The van der Waals surface area contributed by atoms with Crippen LogP contribution in [0.4, 0.5) is 0 Å². The molecule has 33 heavy (non-hydrogen) atoms.